The van der Waals surface area contributed by atoms with Gasteiger partial charge in [-0.25, -0.2) is 0 Å². The van der Waals surface area contributed by atoms with Crippen LogP contribution in [-0.4, -0.2) is 26.2 Å². The number of methoxy groups -OCH3 is 1. The van der Waals surface area contributed by atoms with Gasteiger partial charge in [0.05, 0.1) is 7.11 Å². The number of carbonyl (C=O) groups is 1. The summed E-state index contributed by atoms with van der Waals surface area (Å²) in [6, 6.07) is 14.0. The van der Waals surface area contributed by atoms with E-state index in [0.29, 0.717) is 18.0 Å². The maximum absolute atomic E-state index is 12.1. The summed E-state index contributed by atoms with van der Waals surface area (Å²) in [4.78, 5) is 12.1. The fourth-order valence-corrected chi connectivity index (χ4v) is 3.88. The van der Waals surface area contributed by atoms with E-state index in [9.17, 15) is 4.79 Å². The van der Waals surface area contributed by atoms with Crippen LogP contribution in [0.3, 0.4) is 0 Å². The van der Waals surface area contributed by atoms with Crippen molar-refractivity contribution in [3.8, 4) is 11.5 Å². The monoisotopic (exact) mass is 381 g/mol. The van der Waals surface area contributed by atoms with Crippen LogP contribution in [0.2, 0.25) is 0 Å². The second-order valence-corrected chi connectivity index (χ2v) is 7.03. The molecular formula is C22H23NO3S. The van der Waals surface area contributed by atoms with Gasteiger partial charge in [-0.3, -0.25) is 4.79 Å². The number of benzene rings is 2. The minimum Gasteiger partial charge on any atom is -0.493 e. The quantitative estimate of drug-likeness (QED) is 0.560. The van der Waals surface area contributed by atoms with Crippen molar-refractivity contribution < 1.29 is 14.3 Å². The molecule has 3 aromatic rings. The van der Waals surface area contributed by atoms with Gasteiger partial charge in [0.1, 0.15) is 0 Å². The number of ether oxygens (including phenoxy) is 2. The first-order valence-corrected chi connectivity index (χ1v) is 9.71. The van der Waals surface area contributed by atoms with Crippen LogP contribution in [0.15, 0.2) is 60.5 Å². The molecule has 0 atom stereocenters. The molecule has 0 fully saturated rings. The van der Waals surface area contributed by atoms with Crippen molar-refractivity contribution in [2.24, 2.45) is 0 Å². The van der Waals surface area contributed by atoms with E-state index in [0.717, 1.165) is 18.4 Å². The largest absolute Gasteiger partial charge is 0.493 e. The zero-order chi connectivity index (χ0) is 19.1. The standard InChI is InChI=1S/C22H23NO3S/c1-3-6-16-9-10-19(20(13-16)25-2)26-14-22(24)23-12-11-17-15-27-21-8-5-4-7-18(17)21/h3-5,7-10,13,15H,1,6,11-12,14H2,2H3,(H,23,24). The second-order valence-electron chi connectivity index (χ2n) is 6.12. The highest BCUT2D eigenvalue weighted by molar-refractivity contribution is 7.17. The Bertz CT molecular complexity index is 932. The number of nitrogens with one attached hydrogen (secondary N) is 1. The Kier molecular flexibility index (Phi) is 6.49. The van der Waals surface area contributed by atoms with Gasteiger partial charge in [-0.1, -0.05) is 30.3 Å². The minimum absolute atomic E-state index is 0.0401. The van der Waals surface area contributed by atoms with Crippen LogP contribution in [-0.2, 0) is 17.6 Å². The molecule has 0 radical (unpaired) electrons. The van der Waals surface area contributed by atoms with Gasteiger partial charge < -0.3 is 14.8 Å². The van der Waals surface area contributed by atoms with Crippen LogP contribution in [0.4, 0.5) is 0 Å². The number of carbonyl (C=O) groups excluding carboxylic acids is 1. The molecule has 3 rings (SSSR count). The van der Waals surface area contributed by atoms with Gasteiger partial charge in [0, 0.05) is 11.2 Å². The predicted molar refractivity (Wildman–Crippen MR) is 111 cm³/mol. The molecule has 0 unspecified atom stereocenters. The topological polar surface area (TPSA) is 47.6 Å². The van der Waals surface area contributed by atoms with Gasteiger partial charge in [0.25, 0.3) is 5.91 Å². The maximum atomic E-state index is 12.1. The van der Waals surface area contributed by atoms with Gasteiger partial charge in [0.2, 0.25) is 0 Å². The number of amides is 1. The second kappa shape index (κ2) is 9.24. The van der Waals surface area contributed by atoms with E-state index in [1.165, 1.54) is 15.6 Å². The molecule has 0 bridgehead atoms. The van der Waals surface area contributed by atoms with Gasteiger partial charge in [-0.2, -0.15) is 0 Å². The SMILES string of the molecule is C=CCc1ccc(OCC(=O)NCCc2csc3ccccc23)c(OC)c1. The van der Waals surface area contributed by atoms with Gasteiger partial charge >= 0.3 is 0 Å². The van der Waals surface area contributed by atoms with Crippen molar-refractivity contribution in [1.29, 1.82) is 0 Å². The molecule has 1 N–H and O–H groups in total. The first-order valence-electron chi connectivity index (χ1n) is 8.83. The number of allylic oxidation sites excluding steroid dienone is 1. The Labute approximate surface area is 163 Å². The Morgan fingerprint density at radius 2 is 2.07 bits per heavy atom. The molecular weight excluding hydrogens is 358 g/mol. The number of hydrogen-bond donors (Lipinski definition) is 1. The molecule has 5 heteroatoms. The highest BCUT2D eigenvalue weighted by Gasteiger charge is 2.09. The van der Waals surface area contributed by atoms with Crippen LogP contribution in [0, 0.1) is 0 Å². The van der Waals surface area contributed by atoms with Crippen molar-refractivity contribution >= 4 is 27.3 Å². The maximum Gasteiger partial charge on any atom is 0.257 e. The zero-order valence-electron chi connectivity index (χ0n) is 15.4. The van der Waals surface area contributed by atoms with E-state index < -0.39 is 0 Å². The first kappa shape index (κ1) is 19.0. The molecule has 1 heterocycles. The Balaban J connectivity index is 1.49. The van der Waals surface area contributed by atoms with Crippen LogP contribution < -0.4 is 14.8 Å². The molecule has 0 spiro atoms. The average molecular weight is 381 g/mol. The Hall–Kier alpha value is -2.79. The summed E-state index contributed by atoms with van der Waals surface area (Å²) >= 11 is 1.73. The number of fused-ring (bicyclic) bond motifs is 1. The van der Waals surface area contributed by atoms with E-state index in [-0.39, 0.29) is 12.5 Å². The Morgan fingerprint density at radius 3 is 2.89 bits per heavy atom. The third-order valence-electron chi connectivity index (χ3n) is 4.24. The molecule has 1 aromatic heterocycles. The summed E-state index contributed by atoms with van der Waals surface area (Å²) in [5, 5.41) is 6.33. The molecule has 27 heavy (non-hydrogen) atoms. The van der Waals surface area contributed by atoms with Crippen molar-refractivity contribution in [2.75, 3.05) is 20.3 Å². The third kappa shape index (κ3) is 4.89. The first-order chi connectivity index (χ1) is 13.2. The van der Waals surface area contributed by atoms with Gasteiger partial charge in [-0.05, 0) is 52.9 Å². The predicted octanol–water partition coefficient (Wildman–Crippen LogP) is 4.38. The van der Waals surface area contributed by atoms with Gasteiger partial charge in [0.15, 0.2) is 18.1 Å². The summed E-state index contributed by atoms with van der Waals surface area (Å²) in [7, 11) is 1.59. The highest BCUT2D eigenvalue weighted by atomic mass is 32.1. The molecule has 4 nitrogen and oxygen atoms in total. The smallest absolute Gasteiger partial charge is 0.257 e. The van der Waals surface area contributed by atoms with Crippen molar-refractivity contribution in [3.05, 3.63) is 71.6 Å². The van der Waals surface area contributed by atoms with E-state index in [2.05, 4.69) is 29.4 Å². The lowest BCUT2D eigenvalue weighted by atomic mass is 10.1. The lowest BCUT2D eigenvalue weighted by Gasteiger charge is -2.12. The fraction of sp³-hybridized carbons (Fsp3) is 0.227. The van der Waals surface area contributed by atoms with E-state index in [1.807, 2.05) is 36.4 Å². The molecule has 0 aliphatic rings. The summed E-state index contributed by atoms with van der Waals surface area (Å²) in [5.74, 6) is 1.03. The number of hydrogen-bond acceptors (Lipinski definition) is 4. The van der Waals surface area contributed by atoms with E-state index in [1.54, 1.807) is 18.4 Å². The zero-order valence-corrected chi connectivity index (χ0v) is 16.2. The van der Waals surface area contributed by atoms with Crippen LogP contribution in [0.5, 0.6) is 11.5 Å². The molecule has 2 aromatic carbocycles. The van der Waals surface area contributed by atoms with Crippen LogP contribution in [0.1, 0.15) is 11.1 Å². The van der Waals surface area contributed by atoms with Crippen molar-refractivity contribution in [2.45, 2.75) is 12.8 Å². The average Bonchev–Trinajstić information content (AvgIpc) is 3.10. The molecule has 1 amide bonds. The summed E-state index contributed by atoms with van der Waals surface area (Å²) < 4.78 is 12.2. The molecule has 0 saturated carbocycles. The lowest BCUT2D eigenvalue weighted by molar-refractivity contribution is -0.123. The van der Waals surface area contributed by atoms with E-state index in [4.69, 9.17) is 9.47 Å². The summed E-state index contributed by atoms with van der Waals surface area (Å²) in [6.07, 6.45) is 3.39. The Morgan fingerprint density at radius 1 is 1.22 bits per heavy atom. The summed E-state index contributed by atoms with van der Waals surface area (Å²) in [6.45, 7) is 4.27. The molecule has 140 valence electrons. The fourth-order valence-electron chi connectivity index (χ4n) is 2.88. The molecule has 0 aliphatic heterocycles. The molecule has 0 saturated heterocycles. The van der Waals surface area contributed by atoms with Crippen molar-refractivity contribution in [1.82, 2.24) is 5.32 Å². The third-order valence-corrected chi connectivity index (χ3v) is 5.26. The highest BCUT2D eigenvalue weighted by Crippen LogP contribution is 2.28. The number of rotatable bonds is 9. The van der Waals surface area contributed by atoms with Crippen LogP contribution in [0.25, 0.3) is 10.1 Å². The van der Waals surface area contributed by atoms with Crippen LogP contribution >= 0.6 is 11.3 Å². The van der Waals surface area contributed by atoms with E-state index >= 15 is 0 Å². The molecule has 0 aliphatic carbocycles. The minimum atomic E-state index is -0.147. The number of thiophene rings is 1. The van der Waals surface area contributed by atoms with Crippen molar-refractivity contribution in [3.63, 3.8) is 0 Å². The van der Waals surface area contributed by atoms with Gasteiger partial charge in [-0.15, -0.1) is 17.9 Å². The normalized spacial score (nSPS) is 10.6. The summed E-state index contributed by atoms with van der Waals surface area (Å²) in [5.41, 5.74) is 2.35. The lowest BCUT2D eigenvalue weighted by Crippen LogP contribution is -2.30.